The number of halogens is 4. The summed E-state index contributed by atoms with van der Waals surface area (Å²) in [5.41, 5.74) is 14.6. The molecule has 1 aliphatic carbocycles. The number of nitrogens with one attached hydrogen (secondary N) is 2. The van der Waals surface area contributed by atoms with Crippen LogP contribution in [0.4, 0.5) is 4.79 Å². The largest absolute Gasteiger partial charge is 0.495 e. The van der Waals surface area contributed by atoms with Gasteiger partial charge in [0.15, 0.2) is 11.9 Å². The zero-order valence-corrected chi connectivity index (χ0v) is 46.5. The highest BCUT2D eigenvalue weighted by atomic mass is 35.6. The number of rotatable bonds is 25. The van der Waals surface area contributed by atoms with Crippen LogP contribution in [-0.4, -0.2) is 97.3 Å². The predicted molar refractivity (Wildman–Crippen MR) is 291 cm³/mol. The van der Waals surface area contributed by atoms with Crippen molar-refractivity contribution in [3.63, 3.8) is 0 Å². The highest BCUT2D eigenvalue weighted by Crippen LogP contribution is 2.45. The summed E-state index contributed by atoms with van der Waals surface area (Å²) in [7, 11) is 1.46. The number of carbonyl (C=O) groups excluding carboxylic acids is 5. The first-order valence-electron chi connectivity index (χ1n) is 25.1. The summed E-state index contributed by atoms with van der Waals surface area (Å²) in [6, 6.07) is 28.8. The van der Waals surface area contributed by atoms with Gasteiger partial charge in [0.1, 0.15) is 37.2 Å². The fraction of sp³-hybridized carbons (Fsp3) is 0.446. The Labute approximate surface area is 468 Å². The third-order valence-corrected chi connectivity index (χ3v) is 13.5. The number of fused-ring (bicyclic) bond motifs is 3. The van der Waals surface area contributed by atoms with Gasteiger partial charge >= 0.3 is 24.0 Å². The van der Waals surface area contributed by atoms with Crippen molar-refractivity contribution >= 4 is 76.3 Å². The Morgan fingerprint density at radius 2 is 1.52 bits per heavy atom. The van der Waals surface area contributed by atoms with Crippen molar-refractivity contribution in [3.05, 3.63) is 147 Å². The zero-order valence-electron chi connectivity index (χ0n) is 43.5. The molecule has 0 bridgehead atoms. The third-order valence-electron chi connectivity index (χ3n) is 12.9. The summed E-state index contributed by atoms with van der Waals surface area (Å²) < 4.78 is 39.4. The fourth-order valence-electron chi connectivity index (χ4n) is 9.20. The van der Waals surface area contributed by atoms with E-state index in [4.69, 9.17) is 85.1 Å². The van der Waals surface area contributed by atoms with Gasteiger partial charge in [-0.05, 0) is 89.7 Å². The third kappa shape index (κ3) is 17.5. The van der Waals surface area contributed by atoms with Crippen LogP contribution < -0.4 is 15.4 Å². The Balaban J connectivity index is 1.19. The number of azide groups is 1. The number of hydrogen-bond acceptors (Lipinski definition) is 13. The van der Waals surface area contributed by atoms with Crippen LogP contribution in [0.2, 0.25) is 5.02 Å². The molecule has 2 amide bonds. The molecule has 412 valence electrons. The maximum absolute atomic E-state index is 14.5. The Morgan fingerprint density at radius 3 is 2.14 bits per heavy atom. The number of ether oxygens (including phenoxy) is 7. The van der Waals surface area contributed by atoms with Crippen molar-refractivity contribution in [3.8, 4) is 16.9 Å². The molecule has 0 saturated carbocycles. The Kier molecular flexibility index (Phi) is 21.9. The van der Waals surface area contributed by atoms with Crippen molar-refractivity contribution in [2.45, 2.75) is 106 Å². The topological polar surface area (TPSA) is 223 Å². The van der Waals surface area contributed by atoms with Gasteiger partial charge in [0.25, 0.3) is 0 Å². The molecule has 21 heteroatoms. The van der Waals surface area contributed by atoms with Gasteiger partial charge in [-0.15, -0.1) is 0 Å². The summed E-state index contributed by atoms with van der Waals surface area (Å²) in [5, 5.41) is 9.17. The van der Waals surface area contributed by atoms with E-state index in [-0.39, 0.29) is 62.2 Å². The SMILES string of the molecule is COc1ccc(C[C@@H](NC(=O)/C=C/C[C@H](OC(=O)[C@H](CC(C)C)OC(=O)[C@H](CCN=[N+]=[N-])CNC(=O)OCC2c3ccccc3-c3ccccc32)[C@H](C)[C@H]2OC(C)(C)O[C@@H]2c2ccccc2)C(=O)OCC(Cl)(Cl)Cl)cc1Cl. The molecule has 17 nitrogen and oxygen atoms in total. The second-order valence-corrected chi connectivity index (χ2v) is 22.5. The fourth-order valence-corrected chi connectivity index (χ4v) is 9.65. The van der Waals surface area contributed by atoms with Crippen molar-refractivity contribution in [1.82, 2.24) is 10.6 Å². The number of alkyl halides is 3. The number of benzene rings is 4. The molecule has 1 saturated heterocycles. The van der Waals surface area contributed by atoms with E-state index in [0.717, 1.165) is 27.8 Å². The van der Waals surface area contributed by atoms with E-state index >= 15 is 0 Å². The van der Waals surface area contributed by atoms with Crippen LogP contribution in [0, 0.1) is 17.8 Å². The molecule has 1 heterocycles. The lowest BCUT2D eigenvalue weighted by molar-refractivity contribution is -0.180. The van der Waals surface area contributed by atoms with Crippen molar-refractivity contribution in [2.24, 2.45) is 22.9 Å². The maximum atomic E-state index is 14.5. The van der Waals surface area contributed by atoms with Crippen LogP contribution in [0.15, 0.2) is 114 Å². The number of nitrogens with zero attached hydrogens (tertiary/aromatic N) is 3. The standard InChI is InChI=1S/C56H63Cl4N5O12/c1-33(2)27-47(75-51(67)37(25-26-63-65-61)30-62-54(70)72-31-42-40-19-12-10-17-38(40)39-18-11-13-20-41(39)42)53(69)74-45(34(3)49-50(77-55(4,5)76-49)36-15-8-7-9-16-36)21-14-22-48(66)64-44(52(68)73-32-56(58,59)60)29-35-23-24-46(71-6)43(57)28-35/h7-20,22-24,28,33-34,37,42,44-45,47,49-50H,21,25-27,29-32H2,1-6H3,(H,62,70)(H,64,66)/b22-14+/t34-,37+,44+,45-,47-,49+,50+/m0/s1. The van der Waals surface area contributed by atoms with E-state index in [0.29, 0.717) is 11.3 Å². The van der Waals surface area contributed by atoms with Crippen molar-refractivity contribution < 1.29 is 57.1 Å². The molecule has 4 aromatic carbocycles. The van der Waals surface area contributed by atoms with Gasteiger partial charge in [0.2, 0.25) is 9.70 Å². The molecule has 0 spiro atoms. The number of amides is 2. The number of esters is 3. The predicted octanol–water partition coefficient (Wildman–Crippen LogP) is 11.5. The monoisotopic (exact) mass is 1140 g/mol. The van der Waals surface area contributed by atoms with Gasteiger partial charge in [-0.25, -0.2) is 14.4 Å². The molecule has 1 aliphatic heterocycles. The maximum Gasteiger partial charge on any atom is 0.407 e. The molecule has 77 heavy (non-hydrogen) atoms. The lowest BCUT2D eigenvalue weighted by Crippen LogP contribution is -2.43. The number of carbonyl (C=O) groups is 5. The molecule has 6 rings (SSSR count). The molecule has 2 aliphatic rings. The second kappa shape index (κ2) is 28.0. The lowest BCUT2D eigenvalue weighted by Gasteiger charge is -2.31. The number of hydrogen-bond donors (Lipinski definition) is 2. The second-order valence-electron chi connectivity index (χ2n) is 19.6. The van der Waals surface area contributed by atoms with Crippen LogP contribution in [-0.2, 0) is 54.0 Å². The lowest BCUT2D eigenvalue weighted by atomic mass is 9.89. The smallest absolute Gasteiger partial charge is 0.407 e. The van der Waals surface area contributed by atoms with E-state index in [9.17, 15) is 24.0 Å². The van der Waals surface area contributed by atoms with E-state index in [1.165, 1.54) is 19.3 Å². The molecule has 0 radical (unpaired) electrons. The van der Waals surface area contributed by atoms with E-state index < -0.39 is 88.4 Å². The number of alkyl carbamates (subject to hydrolysis) is 1. The summed E-state index contributed by atoms with van der Waals surface area (Å²) >= 11 is 23.9. The number of methoxy groups -OCH3 is 1. The summed E-state index contributed by atoms with van der Waals surface area (Å²) in [4.78, 5) is 71.7. The Hall–Kier alpha value is -6.04. The first-order valence-corrected chi connectivity index (χ1v) is 26.6. The van der Waals surface area contributed by atoms with Gasteiger partial charge in [-0.2, -0.15) is 0 Å². The van der Waals surface area contributed by atoms with Crippen LogP contribution in [0.3, 0.4) is 0 Å². The highest BCUT2D eigenvalue weighted by Gasteiger charge is 2.47. The zero-order chi connectivity index (χ0) is 55.9. The Morgan fingerprint density at radius 1 is 0.857 bits per heavy atom. The Bertz CT molecular complexity index is 2730. The van der Waals surface area contributed by atoms with Gasteiger partial charge in [-0.3, -0.25) is 9.59 Å². The van der Waals surface area contributed by atoms with Crippen molar-refractivity contribution in [1.29, 1.82) is 0 Å². The van der Waals surface area contributed by atoms with Gasteiger partial charge in [-0.1, -0.05) is 163 Å². The minimum atomic E-state index is -1.92. The average molecular weight is 1140 g/mol. The molecular formula is C56H63Cl4N5O12. The van der Waals surface area contributed by atoms with Crippen LogP contribution in [0.5, 0.6) is 5.75 Å². The molecule has 7 atom stereocenters. The van der Waals surface area contributed by atoms with Crippen LogP contribution >= 0.6 is 46.4 Å². The quantitative estimate of drug-likeness (QED) is 0.0120. The molecule has 0 unspecified atom stereocenters. The van der Waals surface area contributed by atoms with E-state index in [1.807, 2.05) is 99.6 Å². The molecular weight excluding hydrogens is 1080 g/mol. The van der Waals surface area contributed by atoms with E-state index in [1.54, 1.807) is 32.0 Å². The average Bonchev–Trinajstić information content (AvgIpc) is 3.91. The van der Waals surface area contributed by atoms with Gasteiger partial charge in [0.05, 0.1) is 24.2 Å². The van der Waals surface area contributed by atoms with Gasteiger partial charge in [0, 0.05) is 42.7 Å². The molecule has 0 aromatic heterocycles. The minimum absolute atomic E-state index is 0.0302. The summed E-state index contributed by atoms with van der Waals surface area (Å²) in [6.07, 6.45) is -2.02. The van der Waals surface area contributed by atoms with E-state index in [2.05, 4.69) is 20.7 Å². The van der Waals surface area contributed by atoms with Gasteiger partial charge < -0.3 is 43.8 Å². The highest BCUT2D eigenvalue weighted by molar-refractivity contribution is 6.67. The minimum Gasteiger partial charge on any atom is -0.495 e. The van der Waals surface area contributed by atoms with Crippen molar-refractivity contribution in [2.75, 3.05) is 33.4 Å². The first kappa shape index (κ1) is 60.2. The van der Waals surface area contributed by atoms with Crippen LogP contribution in [0.25, 0.3) is 21.6 Å². The normalized spacial score (nSPS) is 17.6. The molecule has 4 aromatic rings. The molecule has 2 N–H and O–H groups in total. The van der Waals surface area contributed by atoms with Crippen LogP contribution in [0.1, 0.15) is 88.2 Å². The molecule has 1 fully saturated rings. The summed E-state index contributed by atoms with van der Waals surface area (Å²) in [5.74, 6) is -6.07. The summed E-state index contributed by atoms with van der Waals surface area (Å²) in [6.45, 7) is 8.11. The first-order chi connectivity index (χ1) is 36.7.